The summed E-state index contributed by atoms with van der Waals surface area (Å²) in [4.78, 5) is 29.2. The van der Waals surface area contributed by atoms with Crippen molar-refractivity contribution in [2.75, 3.05) is 20.8 Å². The van der Waals surface area contributed by atoms with Crippen molar-refractivity contribution in [2.45, 2.75) is 24.7 Å². The molecule has 0 saturated carbocycles. The lowest BCUT2D eigenvalue weighted by Gasteiger charge is -2.52. The summed E-state index contributed by atoms with van der Waals surface area (Å²) in [5.74, 6) is 0.396. The zero-order chi connectivity index (χ0) is 23.6. The Hall–Kier alpha value is -3.60. The first kappa shape index (κ1) is 21.0. The van der Waals surface area contributed by atoms with Crippen LogP contribution < -0.4 is 9.47 Å². The summed E-state index contributed by atoms with van der Waals surface area (Å²) < 4.78 is 10.7. The van der Waals surface area contributed by atoms with Crippen molar-refractivity contribution in [1.29, 1.82) is 0 Å². The van der Waals surface area contributed by atoms with Gasteiger partial charge in [0.1, 0.15) is 0 Å². The molecule has 0 N–H and O–H groups in total. The van der Waals surface area contributed by atoms with Gasteiger partial charge in [0.15, 0.2) is 11.5 Å². The molecule has 3 aromatic carbocycles. The van der Waals surface area contributed by atoms with Crippen LogP contribution in [0, 0.1) is 11.8 Å². The second kappa shape index (κ2) is 7.45. The molecule has 0 unspecified atom stereocenters. The van der Waals surface area contributed by atoms with Crippen molar-refractivity contribution in [1.82, 2.24) is 4.90 Å². The third-order valence-corrected chi connectivity index (χ3v) is 8.21. The summed E-state index contributed by atoms with van der Waals surface area (Å²) in [5, 5.41) is 0. The van der Waals surface area contributed by atoms with Gasteiger partial charge >= 0.3 is 0 Å². The molecule has 1 aliphatic heterocycles. The largest absolute Gasteiger partial charge is 0.493 e. The highest BCUT2D eigenvalue weighted by atomic mass is 16.5. The van der Waals surface area contributed by atoms with E-state index in [-0.39, 0.29) is 29.6 Å². The monoisotopic (exact) mass is 453 g/mol. The number of rotatable bonds is 5. The molecular formula is C29H27NO4. The van der Waals surface area contributed by atoms with E-state index in [0.717, 1.165) is 5.56 Å². The van der Waals surface area contributed by atoms with Crippen molar-refractivity contribution in [3.63, 3.8) is 0 Å². The molecule has 1 saturated heterocycles. The Labute approximate surface area is 199 Å². The van der Waals surface area contributed by atoms with Gasteiger partial charge in [0.05, 0.1) is 26.1 Å². The van der Waals surface area contributed by atoms with E-state index in [0.29, 0.717) is 24.5 Å². The van der Waals surface area contributed by atoms with Crippen LogP contribution in [0.5, 0.6) is 11.5 Å². The zero-order valence-corrected chi connectivity index (χ0v) is 19.6. The lowest BCUT2D eigenvalue weighted by molar-refractivity contribution is -0.140. The molecule has 7 rings (SSSR count). The molecule has 2 bridgehead atoms. The Morgan fingerprint density at radius 3 is 2.06 bits per heavy atom. The fourth-order valence-electron chi connectivity index (χ4n) is 6.71. The number of imide groups is 1. The number of ether oxygens (including phenoxy) is 2. The van der Waals surface area contributed by atoms with E-state index in [1.54, 1.807) is 14.2 Å². The van der Waals surface area contributed by atoms with Gasteiger partial charge in [-0.15, -0.1) is 0 Å². The second-order valence-corrected chi connectivity index (χ2v) is 9.63. The second-order valence-electron chi connectivity index (χ2n) is 9.63. The first-order valence-electron chi connectivity index (χ1n) is 11.8. The molecule has 5 heteroatoms. The number of methoxy groups -OCH3 is 2. The van der Waals surface area contributed by atoms with Crippen LogP contribution in [0.3, 0.4) is 0 Å². The van der Waals surface area contributed by atoms with Gasteiger partial charge in [-0.2, -0.15) is 0 Å². The lowest BCUT2D eigenvalue weighted by atomic mass is 9.48. The highest BCUT2D eigenvalue weighted by Gasteiger charge is 2.66. The molecule has 4 aliphatic rings. The van der Waals surface area contributed by atoms with E-state index < -0.39 is 5.41 Å². The lowest BCUT2D eigenvalue weighted by Crippen LogP contribution is -2.51. The average Bonchev–Trinajstić information content (AvgIpc) is 3.13. The number of hydrogen-bond donors (Lipinski definition) is 0. The van der Waals surface area contributed by atoms with Gasteiger partial charge < -0.3 is 9.47 Å². The number of amides is 2. The van der Waals surface area contributed by atoms with Crippen LogP contribution in [0.1, 0.15) is 40.7 Å². The Morgan fingerprint density at radius 2 is 1.44 bits per heavy atom. The minimum atomic E-state index is -0.516. The smallest absolute Gasteiger partial charge is 0.234 e. The topological polar surface area (TPSA) is 55.8 Å². The molecule has 2 amide bonds. The number of hydrogen-bond acceptors (Lipinski definition) is 4. The molecule has 0 aromatic heterocycles. The maximum Gasteiger partial charge on any atom is 0.234 e. The highest BCUT2D eigenvalue weighted by molar-refractivity contribution is 6.08. The van der Waals surface area contributed by atoms with Crippen LogP contribution in [0.2, 0.25) is 0 Å². The summed E-state index contributed by atoms with van der Waals surface area (Å²) in [6.45, 7) is 2.51. The van der Waals surface area contributed by atoms with E-state index in [1.807, 2.05) is 42.5 Å². The van der Waals surface area contributed by atoms with Crippen molar-refractivity contribution in [3.05, 3.63) is 94.5 Å². The molecule has 34 heavy (non-hydrogen) atoms. The van der Waals surface area contributed by atoms with E-state index in [1.165, 1.54) is 27.2 Å². The third kappa shape index (κ3) is 2.61. The summed E-state index contributed by atoms with van der Waals surface area (Å²) in [6, 6.07) is 22.4. The van der Waals surface area contributed by atoms with E-state index in [2.05, 4.69) is 31.2 Å². The standard InChI is InChI=1S/C29H27NO4/c1-29-20-10-6-4-8-18(20)24(19-9-5-7-11-21(19)29)25-26(29)28(32)30(27(25)31)15-14-17-12-13-22(33-2)23(16-17)34-3/h4-13,16,24-26H,14-15H2,1-3H3/t24?,25-,26+,29?/m0/s1. The highest BCUT2D eigenvalue weighted by Crippen LogP contribution is 2.63. The third-order valence-electron chi connectivity index (χ3n) is 8.21. The molecule has 0 radical (unpaired) electrons. The maximum atomic E-state index is 13.9. The first-order valence-corrected chi connectivity index (χ1v) is 11.8. The first-order chi connectivity index (χ1) is 16.5. The van der Waals surface area contributed by atoms with Crippen molar-refractivity contribution in [3.8, 4) is 11.5 Å². The van der Waals surface area contributed by atoms with Gasteiger partial charge in [0.2, 0.25) is 11.8 Å². The molecule has 3 aliphatic carbocycles. The van der Waals surface area contributed by atoms with E-state index >= 15 is 0 Å². The van der Waals surface area contributed by atoms with Gasteiger partial charge in [-0.3, -0.25) is 14.5 Å². The molecule has 1 fully saturated rings. The predicted molar refractivity (Wildman–Crippen MR) is 128 cm³/mol. The number of benzene rings is 3. The molecule has 2 atom stereocenters. The van der Waals surface area contributed by atoms with E-state index in [9.17, 15) is 9.59 Å². The molecular weight excluding hydrogens is 426 g/mol. The number of carbonyl (C=O) groups excluding carboxylic acids is 2. The van der Waals surface area contributed by atoms with Crippen LogP contribution in [0.15, 0.2) is 66.7 Å². The predicted octanol–water partition coefficient (Wildman–Crippen LogP) is 4.31. The Balaban J connectivity index is 1.37. The SMILES string of the molecule is COc1ccc(CCN2C(=O)[C@H]3C4c5ccccc5C(C)(c5ccccc54)[C@H]3C2=O)cc1OC. The Kier molecular flexibility index (Phi) is 4.60. The Bertz CT molecular complexity index is 1280. The van der Waals surface area contributed by atoms with Gasteiger partial charge in [-0.1, -0.05) is 61.5 Å². The molecule has 1 heterocycles. The number of carbonyl (C=O) groups is 2. The summed E-state index contributed by atoms with van der Waals surface area (Å²) in [5.41, 5.74) is 5.22. The fraction of sp³-hybridized carbons (Fsp3) is 0.310. The molecule has 3 aromatic rings. The van der Waals surface area contributed by atoms with Crippen LogP contribution in [-0.4, -0.2) is 37.5 Å². The summed E-state index contributed by atoms with van der Waals surface area (Å²) in [6.07, 6.45) is 0.568. The molecule has 5 nitrogen and oxygen atoms in total. The van der Waals surface area contributed by atoms with Crippen LogP contribution in [-0.2, 0) is 21.4 Å². The Morgan fingerprint density at radius 1 is 0.824 bits per heavy atom. The van der Waals surface area contributed by atoms with Gasteiger partial charge in [0, 0.05) is 17.9 Å². The summed E-state index contributed by atoms with van der Waals surface area (Å²) >= 11 is 0. The van der Waals surface area contributed by atoms with Crippen LogP contribution >= 0.6 is 0 Å². The molecule has 172 valence electrons. The van der Waals surface area contributed by atoms with E-state index in [4.69, 9.17) is 9.47 Å². The minimum Gasteiger partial charge on any atom is -0.493 e. The van der Waals surface area contributed by atoms with Crippen molar-refractivity contribution < 1.29 is 19.1 Å². The van der Waals surface area contributed by atoms with Crippen molar-refractivity contribution in [2.24, 2.45) is 11.8 Å². The van der Waals surface area contributed by atoms with Gasteiger partial charge in [0.25, 0.3) is 0 Å². The normalized spacial score (nSPS) is 26.2. The van der Waals surface area contributed by atoms with Crippen molar-refractivity contribution >= 4 is 11.8 Å². The zero-order valence-electron chi connectivity index (χ0n) is 19.6. The number of nitrogens with zero attached hydrogens (tertiary/aromatic N) is 1. The van der Waals surface area contributed by atoms with Gasteiger partial charge in [-0.25, -0.2) is 0 Å². The summed E-state index contributed by atoms with van der Waals surface area (Å²) in [7, 11) is 3.21. The maximum absolute atomic E-state index is 13.9. The molecule has 0 spiro atoms. The van der Waals surface area contributed by atoms with Crippen LogP contribution in [0.25, 0.3) is 0 Å². The van der Waals surface area contributed by atoms with Gasteiger partial charge in [-0.05, 0) is 46.4 Å². The van der Waals surface area contributed by atoms with Crippen LogP contribution in [0.4, 0.5) is 0 Å². The fourth-order valence-corrected chi connectivity index (χ4v) is 6.71. The number of likely N-dealkylation sites (tertiary alicyclic amines) is 1. The minimum absolute atomic E-state index is 0.0456. The average molecular weight is 454 g/mol. The quantitative estimate of drug-likeness (QED) is 0.540.